The second kappa shape index (κ2) is 4.46. The molecular weight excluding hydrogens is 292 g/mol. The van der Waals surface area contributed by atoms with Crippen LogP contribution in [0, 0.1) is 0 Å². The predicted molar refractivity (Wildman–Crippen MR) is 76.7 cm³/mol. The summed E-state index contributed by atoms with van der Waals surface area (Å²) in [5.41, 5.74) is 3.70. The molecule has 4 heteroatoms. The van der Waals surface area contributed by atoms with Gasteiger partial charge < -0.3 is 9.73 Å². The van der Waals surface area contributed by atoms with Crippen molar-refractivity contribution in [1.29, 1.82) is 0 Å². The van der Waals surface area contributed by atoms with E-state index in [1.807, 2.05) is 49.5 Å². The van der Waals surface area contributed by atoms with Gasteiger partial charge in [-0.05, 0) is 42.5 Å². The van der Waals surface area contributed by atoms with E-state index in [1.165, 1.54) is 0 Å². The van der Waals surface area contributed by atoms with Crippen LogP contribution in [0.5, 0.6) is 0 Å². The number of nitrogens with one attached hydrogen (secondary N) is 1. The number of fused-ring (bicyclic) bond motifs is 1. The summed E-state index contributed by atoms with van der Waals surface area (Å²) in [5.74, 6) is 0.644. The highest BCUT2D eigenvalue weighted by molar-refractivity contribution is 9.10. The summed E-state index contributed by atoms with van der Waals surface area (Å²) in [5, 5.41) is 3.08. The molecule has 0 atom stereocenters. The number of hydrogen-bond acceptors (Lipinski definition) is 3. The Labute approximate surface area is 113 Å². The van der Waals surface area contributed by atoms with Crippen molar-refractivity contribution in [3.8, 4) is 11.5 Å². The summed E-state index contributed by atoms with van der Waals surface area (Å²) in [6.45, 7) is 0. The van der Waals surface area contributed by atoms with Gasteiger partial charge in [-0.25, -0.2) is 4.98 Å². The van der Waals surface area contributed by atoms with Gasteiger partial charge in [-0.15, -0.1) is 0 Å². The molecule has 90 valence electrons. The number of anilines is 1. The van der Waals surface area contributed by atoms with Crippen LogP contribution in [0.1, 0.15) is 0 Å². The van der Waals surface area contributed by atoms with Crippen molar-refractivity contribution in [2.75, 3.05) is 12.4 Å². The van der Waals surface area contributed by atoms with Crippen molar-refractivity contribution < 1.29 is 4.42 Å². The molecule has 3 rings (SSSR count). The molecule has 1 heterocycles. The molecule has 0 unspecified atom stereocenters. The van der Waals surface area contributed by atoms with Gasteiger partial charge in [0.15, 0.2) is 5.58 Å². The van der Waals surface area contributed by atoms with E-state index >= 15 is 0 Å². The van der Waals surface area contributed by atoms with Gasteiger partial charge in [-0.2, -0.15) is 0 Å². The van der Waals surface area contributed by atoms with Crippen LogP contribution in [-0.4, -0.2) is 12.0 Å². The Morgan fingerprint density at radius 3 is 2.61 bits per heavy atom. The molecule has 3 aromatic rings. The second-order valence-corrected chi connectivity index (χ2v) is 4.87. The highest BCUT2D eigenvalue weighted by atomic mass is 79.9. The van der Waals surface area contributed by atoms with Gasteiger partial charge in [-0.3, -0.25) is 0 Å². The SMILES string of the molecule is CNc1ccc(-c2nc3cc(Br)ccc3o2)cc1. The molecule has 0 aliphatic carbocycles. The summed E-state index contributed by atoms with van der Waals surface area (Å²) in [4.78, 5) is 4.48. The molecule has 1 aromatic heterocycles. The predicted octanol–water partition coefficient (Wildman–Crippen LogP) is 4.30. The fourth-order valence-electron chi connectivity index (χ4n) is 1.80. The first-order valence-corrected chi connectivity index (χ1v) is 6.40. The van der Waals surface area contributed by atoms with Gasteiger partial charge in [0.05, 0.1) is 0 Å². The molecule has 0 radical (unpaired) electrons. The van der Waals surface area contributed by atoms with Gasteiger partial charge in [0, 0.05) is 22.8 Å². The van der Waals surface area contributed by atoms with Crippen molar-refractivity contribution in [3.05, 3.63) is 46.9 Å². The van der Waals surface area contributed by atoms with Crippen LogP contribution < -0.4 is 5.32 Å². The molecule has 0 bridgehead atoms. The van der Waals surface area contributed by atoms with Crippen LogP contribution in [0.3, 0.4) is 0 Å². The van der Waals surface area contributed by atoms with Crippen molar-refractivity contribution in [3.63, 3.8) is 0 Å². The van der Waals surface area contributed by atoms with Crippen molar-refractivity contribution >= 4 is 32.7 Å². The van der Waals surface area contributed by atoms with Gasteiger partial charge in [0.1, 0.15) is 5.52 Å². The minimum absolute atomic E-state index is 0.644. The molecule has 18 heavy (non-hydrogen) atoms. The average Bonchev–Trinajstić information content (AvgIpc) is 2.81. The van der Waals surface area contributed by atoms with E-state index in [-0.39, 0.29) is 0 Å². The Kier molecular flexibility index (Phi) is 2.80. The lowest BCUT2D eigenvalue weighted by Gasteiger charge is -1.99. The van der Waals surface area contributed by atoms with Gasteiger partial charge in [0.25, 0.3) is 0 Å². The fraction of sp³-hybridized carbons (Fsp3) is 0.0714. The lowest BCUT2D eigenvalue weighted by atomic mass is 10.2. The van der Waals surface area contributed by atoms with Crippen molar-refractivity contribution in [1.82, 2.24) is 4.98 Å². The Morgan fingerprint density at radius 2 is 1.89 bits per heavy atom. The number of benzene rings is 2. The lowest BCUT2D eigenvalue weighted by Crippen LogP contribution is -1.86. The zero-order chi connectivity index (χ0) is 12.5. The molecule has 0 aliphatic rings. The summed E-state index contributed by atoms with van der Waals surface area (Å²) < 4.78 is 6.73. The van der Waals surface area contributed by atoms with Crippen LogP contribution in [0.2, 0.25) is 0 Å². The smallest absolute Gasteiger partial charge is 0.227 e. The molecule has 3 nitrogen and oxygen atoms in total. The second-order valence-electron chi connectivity index (χ2n) is 3.96. The summed E-state index contributed by atoms with van der Waals surface area (Å²) >= 11 is 3.43. The minimum Gasteiger partial charge on any atom is -0.436 e. The minimum atomic E-state index is 0.644. The van der Waals surface area contributed by atoms with Gasteiger partial charge in [-0.1, -0.05) is 15.9 Å². The van der Waals surface area contributed by atoms with Crippen molar-refractivity contribution in [2.45, 2.75) is 0 Å². The Balaban J connectivity index is 2.07. The van der Waals surface area contributed by atoms with Crippen LogP contribution >= 0.6 is 15.9 Å². The lowest BCUT2D eigenvalue weighted by molar-refractivity contribution is 0.620. The number of halogens is 1. The summed E-state index contributed by atoms with van der Waals surface area (Å²) in [6.07, 6.45) is 0. The van der Waals surface area contributed by atoms with Crippen LogP contribution in [-0.2, 0) is 0 Å². The first-order chi connectivity index (χ1) is 8.76. The molecule has 0 saturated heterocycles. The maximum atomic E-state index is 5.73. The standard InChI is InChI=1S/C14H11BrN2O/c1-16-11-5-2-9(3-6-11)14-17-12-8-10(15)4-7-13(12)18-14/h2-8,16H,1H3. The number of rotatable bonds is 2. The van der Waals surface area contributed by atoms with Gasteiger partial charge in [0.2, 0.25) is 5.89 Å². The third-order valence-corrected chi connectivity index (χ3v) is 3.26. The fourth-order valence-corrected chi connectivity index (χ4v) is 2.15. The number of oxazole rings is 1. The van der Waals surface area contributed by atoms with Gasteiger partial charge >= 0.3 is 0 Å². The molecule has 1 N–H and O–H groups in total. The first-order valence-electron chi connectivity index (χ1n) is 5.60. The van der Waals surface area contributed by atoms with Crippen LogP contribution in [0.25, 0.3) is 22.6 Å². The maximum Gasteiger partial charge on any atom is 0.227 e. The third kappa shape index (κ3) is 1.99. The molecular formula is C14H11BrN2O. The Hall–Kier alpha value is -1.81. The van der Waals surface area contributed by atoms with E-state index in [9.17, 15) is 0 Å². The van der Waals surface area contributed by atoms with E-state index in [4.69, 9.17) is 4.42 Å². The highest BCUT2D eigenvalue weighted by Gasteiger charge is 2.08. The number of nitrogens with zero attached hydrogens (tertiary/aromatic N) is 1. The van der Waals surface area contributed by atoms with E-state index in [1.54, 1.807) is 0 Å². The summed E-state index contributed by atoms with van der Waals surface area (Å²) in [6, 6.07) is 13.8. The Bertz CT molecular complexity index is 689. The van der Waals surface area contributed by atoms with Crippen molar-refractivity contribution in [2.24, 2.45) is 0 Å². The van der Waals surface area contributed by atoms with E-state index in [0.29, 0.717) is 5.89 Å². The molecule has 0 saturated carbocycles. The van der Waals surface area contributed by atoms with E-state index < -0.39 is 0 Å². The molecule has 2 aromatic carbocycles. The molecule has 0 fully saturated rings. The summed E-state index contributed by atoms with van der Waals surface area (Å²) in [7, 11) is 1.89. The van der Waals surface area contributed by atoms with Crippen LogP contribution in [0.15, 0.2) is 51.4 Å². The zero-order valence-electron chi connectivity index (χ0n) is 9.77. The number of hydrogen-bond donors (Lipinski definition) is 1. The highest BCUT2D eigenvalue weighted by Crippen LogP contribution is 2.26. The first kappa shape index (κ1) is 11.3. The van der Waals surface area contributed by atoms with Crippen LogP contribution in [0.4, 0.5) is 5.69 Å². The zero-order valence-corrected chi connectivity index (χ0v) is 11.4. The average molecular weight is 303 g/mol. The maximum absolute atomic E-state index is 5.73. The van der Waals surface area contributed by atoms with E-state index in [2.05, 4.69) is 26.2 Å². The monoisotopic (exact) mass is 302 g/mol. The molecule has 0 spiro atoms. The quantitative estimate of drug-likeness (QED) is 0.767. The topological polar surface area (TPSA) is 38.1 Å². The number of aromatic nitrogens is 1. The van der Waals surface area contributed by atoms with E-state index in [0.717, 1.165) is 26.8 Å². The molecule has 0 aliphatic heterocycles. The normalized spacial score (nSPS) is 10.8. The Morgan fingerprint density at radius 1 is 1.11 bits per heavy atom. The third-order valence-electron chi connectivity index (χ3n) is 2.77. The largest absolute Gasteiger partial charge is 0.436 e. The molecule has 0 amide bonds.